The zero-order valence-electron chi connectivity index (χ0n) is 15.2. The van der Waals surface area contributed by atoms with Crippen LogP contribution in [-0.2, 0) is 16.0 Å². The summed E-state index contributed by atoms with van der Waals surface area (Å²) in [5.41, 5.74) is 1.07. The van der Waals surface area contributed by atoms with E-state index < -0.39 is 23.5 Å². The highest BCUT2D eigenvalue weighted by molar-refractivity contribution is 6.08. The van der Waals surface area contributed by atoms with Crippen LogP contribution in [0.3, 0.4) is 0 Å². The van der Waals surface area contributed by atoms with Crippen LogP contribution in [0.2, 0.25) is 0 Å². The number of carbonyl (C=O) groups is 2. The van der Waals surface area contributed by atoms with Gasteiger partial charge in [-0.05, 0) is 69.2 Å². The molecule has 138 valence electrons. The topological polar surface area (TPSA) is 52.6 Å². The highest BCUT2D eigenvalue weighted by Gasteiger charge is 2.29. The Kier molecular flexibility index (Phi) is 6.89. The minimum absolute atomic E-state index is 0.0203. The smallest absolute Gasteiger partial charge is 0.317 e. The number of carbonyl (C=O) groups excluding carboxylic acids is 2. The van der Waals surface area contributed by atoms with E-state index in [1.54, 1.807) is 6.92 Å². The van der Waals surface area contributed by atoms with Gasteiger partial charge in [-0.1, -0.05) is 12.1 Å². The molecule has 0 amide bonds. The summed E-state index contributed by atoms with van der Waals surface area (Å²) in [6.45, 7) is 5.72. The first kappa shape index (κ1) is 19.6. The van der Waals surface area contributed by atoms with Crippen molar-refractivity contribution in [3.05, 3.63) is 65.5 Å². The summed E-state index contributed by atoms with van der Waals surface area (Å²) in [6.07, 6.45) is 0.205. The second-order valence-electron chi connectivity index (χ2n) is 6.19. The molecule has 26 heavy (non-hydrogen) atoms. The van der Waals surface area contributed by atoms with Crippen molar-refractivity contribution >= 4 is 11.8 Å². The summed E-state index contributed by atoms with van der Waals surface area (Å²) in [5.74, 6) is -1.73. The molecule has 0 aliphatic heterocycles. The van der Waals surface area contributed by atoms with Gasteiger partial charge >= 0.3 is 5.97 Å². The van der Waals surface area contributed by atoms with Crippen molar-refractivity contribution in [3.63, 3.8) is 0 Å². The molecule has 0 spiro atoms. The number of esters is 1. The SMILES string of the molecule is CCOC(=O)C(Cc1cccc(OC(C)C)c1)C(=O)c1ccc(F)cc1. The molecule has 4 nitrogen and oxygen atoms in total. The van der Waals surface area contributed by atoms with Crippen LogP contribution >= 0.6 is 0 Å². The number of halogens is 1. The number of Topliss-reactive ketones (excluding diaryl/α,β-unsaturated/α-hetero) is 1. The molecule has 1 atom stereocenters. The van der Waals surface area contributed by atoms with Crippen LogP contribution in [0.1, 0.15) is 36.7 Å². The van der Waals surface area contributed by atoms with Crippen molar-refractivity contribution < 1.29 is 23.5 Å². The molecular weight excluding hydrogens is 335 g/mol. The maximum atomic E-state index is 13.1. The van der Waals surface area contributed by atoms with Crippen molar-refractivity contribution in [1.29, 1.82) is 0 Å². The Morgan fingerprint density at radius 1 is 1.08 bits per heavy atom. The molecule has 0 saturated heterocycles. The van der Waals surface area contributed by atoms with Gasteiger partial charge in [-0.25, -0.2) is 4.39 Å². The fourth-order valence-electron chi connectivity index (χ4n) is 2.59. The van der Waals surface area contributed by atoms with Crippen LogP contribution in [0, 0.1) is 11.7 Å². The first-order chi connectivity index (χ1) is 12.4. The third-order valence-electron chi connectivity index (χ3n) is 3.73. The Morgan fingerprint density at radius 2 is 1.77 bits per heavy atom. The lowest BCUT2D eigenvalue weighted by atomic mass is 9.91. The maximum absolute atomic E-state index is 13.1. The van der Waals surface area contributed by atoms with E-state index in [0.29, 0.717) is 5.75 Å². The average molecular weight is 358 g/mol. The van der Waals surface area contributed by atoms with E-state index in [1.807, 2.05) is 38.1 Å². The molecular formula is C21H23FO4. The van der Waals surface area contributed by atoms with E-state index in [-0.39, 0.29) is 24.7 Å². The molecule has 1 unspecified atom stereocenters. The van der Waals surface area contributed by atoms with Gasteiger partial charge in [0, 0.05) is 5.56 Å². The molecule has 0 radical (unpaired) electrons. The minimum atomic E-state index is -0.991. The fourth-order valence-corrected chi connectivity index (χ4v) is 2.59. The second-order valence-corrected chi connectivity index (χ2v) is 6.19. The Morgan fingerprint density at radius 3 is 2.38 bits per heavy atom. The Balaban J connectivity index is 2.26. The summed E-state index contributed by atoms with van der Waals surface area (Å²) in [6, 6.07) is 12.4. The number of rotatable bonds is 8. The van der Waals surface area contributed by atoms with Crippen LogP contribution in [0.5, 0.6) is 5.75 Å². The zero-order valence-corrected chi connectivity index (χ0v) is 15.2. The average Bonchev–Trinajstić information content (AvgIpc) is 2.59. The molecule has 2 rings (SSSR count). The fraction of sp³-hybridized carbons (Fsp3) is 0.333. The van der Waals surface area contributed by atoms with Crippen LogP contribution in [0.25, 0.3) is 0 Å². The number of hydrogen-bond acceptors (Lipinski definition) is 4. The molecule has 0 aliphatic carbocycles. The zero-order chi connectivity index (χ0) is 19.1. The van der Waals surface area contributed by atoms with Crippen LogP contribution < -0.4 is 4.74 Å². The maximum Gasteiger partial charge on any atom is 0.317 e. The summed E-state index contributed by atoms with van der Waals surface area (Å²) < 4.78 is 23.8. The Labute approximate surface area is 152 Å². The summed E-state index contributed by atoms with van der Waals surface area (Å²) >= 11 is 0. The largest absolute Gasteiger partial charge is 0.491 e. The van der Waals surface area contributed by atoms with Crippen molar-refractivity contribution in [2.75, 3.05) is 6.61 Å². The molecule has 0 bridgehead atoms. The van der Waals surface area contributed by atoms with E-state index in [9.17, 15) is 14.0 Å². The molecule has 0 aliphatic rings. The first-order valence-electron chi connectivity index (χ1n) is 8.62. The Bertz CT molecular complexity index is 753. The molecule has 0 saturated carbocycles. The molecule has 0 heterocycles. The van der Waals surface area contributed by atoms with Gasteiger partial charge in [0.2, 0.25) is 0 Å². The number of benzene rings is 2. The molecule has 0 fully saturated rings. The van der Waals surface area contributed by atoms with Gasteiger partial charge in [-0.15, -0.1) is 0 Å². The lowest BCUT2D eigenvalue weighted by molar-refractivity contribution is -0.146. The molecule has 0 N–H and O–H groups in total. The summed E-state index contributed by atoms with van der Waals surface area (Å²) in [5, 5.41) is 0. The monoisotopic (exact) mass is 358 g/mol. The predicted octanol–water partition coefficient (Wildman–Crippen LogP) is 4.22. The molecule has 5 heteroatoms. The van der Waals surface area contributed by atoms with Gasteiger partial charge in [0.1, 0.15) is 17.5 Å². The van der Waals surface area contributed by atoms with E-state index in [2.05, 4.69) is 0 Å². The van der Waals surface area contributed by atoms with Crippen LogP contribution in [-0.4, -0.2) is 24.5 Å². The van der Waals surface area contributed by atoms with E-state index in [4.69, 9.17) is 9.47 Å². The third-order valence-corrected chi connectivity index (χ3v) is 3.73. The predicted molar refractivity (Wildman–Crippen MR) is 96.8 cm³/mol. The lowest BCUT2D eigenvalue weighted by Gasteiger charge is -2.16. The molecule has 2 aromatic rings. The second kappa shape index (κ2) is 9.13. The van der Waals surface area contributed by atoms with Gasteiger partial charge in [-0.2, -0.15) is 0 Å². The van der Waals surface area contributed by atoms with Crippen LogP contribution in [0.15, 0.2) is 48.5 Å². The standard InChI is InChI=1S/C21H23FO4/c1-4-25-21(24)19(20(23)16-8-10-17(22)11-9-16)13-15-6-5-7-18(12-15)26-14(2)3/h5-12,14,19H,4,13H2,1-3H3. The lowest BCUT2D eigenvalue weighted by Crippen LogP contribution is -2.28. The minimum Gasteiger partial charge on any atom is -0.491 e. The Hall–Kier alpha value is -2.69. The number of ketones is 1. The van der Waals surface area contributed by atoms with Crippen molar-refractivity contribution in [1.82, 2.24) is 0 Å². The highest BCUT2D eigenvalue weighted by Crippen LogP contribution is 2.21. The van der Waals surface area contributed by atoms with Gasteiger partial charge in [0.15, 0.2) is 5.78 Å². The van der Waals surface area contributed by atoms with Gasteiger partial charge in [-0.3, -0.25) is 9.59 Å². The van der Waals surface area contributed by atoms with Gasteiger partial charge in [0.25, 0.3) is 0 Å². The first-order valence-corrected chi connectivity index (χ1v) is 8.62. The molecule has 0 aromatic heterocycles. The van der Waals surface area contributed by atoms with Crippen LogP contribution in [0.4, 0.5) is 4.39 Å². The summed E-state index contributed by atoms with van der Waals surface area (Å²) in [7, 11) is 0. The highest BCUT2D eigenvalue weighted by atomic mass is 19.1. The van der Waals surface area contributed by atoms with E-state index in [1.165, 1.54) is 24.3 Å². The van der Waals surface area contributed by atoms with E-state index in [0.717, 1.165) is 5.56 Å². The molecule has 2 aromatic carbocycles. The quantitative estimate of drug-likeness (QED) is 0.403. The van der Waals surface area contributed by atoms with Gasteiger partial charge < -0.3 is 9.47 Å². The third kappa shape index (κ3) is 5.41. The van der Waals surface area contributed by atoms with Crippen molar-refractivity contribution in [2.45, 2.75) is 33.3 Å². The number of ether oxygens (including phenoxy) is 2. The summed E-state index contributed by atoms with van der Waals surface area (Å²) in [4.78, 5) is 25.1. The number of hydrogen-bond donors (Lipinski definition) is 0. The normalized spacial score (nSPS) is 11.9. The van der Waals surface area contributed by atoms with Crippen molar-refractivity contribution in [2.24, 2.45) is 5.92 Å². The van der Waals surface area contributed by atoms with Crippen molar-refractivity contribution in [3.8, 4) is 5.75 Å². The van der Waals surface area contributed by atoms with Gasteiger partial charge in [0.05, 0.1) is 12.7 Å². The van der Waals surface area contributed by atoms with E-state index >= 15 is 0 Å².